The summed E-state index contributed by atoms with van der Waals surface area (Å²) in [6, 6.07) is 6.63. The summed E-state index contributed by atoms with van der Waals surface area (Å²) in [7, 11) is 1.65. The Labute approximate surface area is 90.3 Å². The van der Waals surface area contributed by atoms with Crippen LogP contribution in [0.5, 0.6) is 5.75 Å². The summed E-state index contributed by atoms with van der Waals surface area (Å²) < 4.78 is 5.48. The molecule has 0 aliphatic carbocycles. The first kappa shape index (κ1) is 10.5. The highest BCUT2D eigenvalue weighted by Gasteiger charge is 2.15. The Morgan fingerprint density at radius 3 is 3.13 bits per heavy atom. The van der Waals surface area contributed by atoms with Gasteiger partial charge in [-0.15, -0.1) is 0 Å². The molecule has 1 heterocycles. The zero-order chi connectivity index (χ0) is 10.7. The average molecular weight is 207 g/mol. The first-order chi connectivity index (χ1) is 7.35. The maximum absolute atomic E-state index is 5.48. The van der Waals surface area contributed by atoms with E-state index in [2.05, 4.69) is 30.6 Å². The number of hydrogen-bond donors (Lipinski definition) is 1. The highest BCUT2D eigenvalue weighted by atomic mass is 16.6. The van der Waals surface area contributed by atoms with E-state index in [0.717, 1.165) is 25.2 Å². The van der Waals surface area contributed by atoms with Gasteiger partial charge in [0.2, 0.25) is 0 Å². The van der Waals surface area contributed by atoms with Crippen LogP contribution in [0.3, 0.4) is 0 Å². The lowest BCUT2D eigenvalue weighted by molar-refractivity contribution is 0.0592. The molecule has 0 bridgehead atoms. The lowest BCUT2D eigenvalue weighted by Gasteiger charge is -2.16. The fourth-order valence-electron chi connectivity index (χ4n) is 1.95. The second kappa shape index (κ2) is 4.64. The van der Waals surface area contributed by atoms with Gasteiger partial charge in [-0.05, 0) is 23.6 Å². The van der Waals surface area contributed by atoms with Gasteiger partial charge in [-0.25, -0.2) is 0 Å². The maximum atomic E-state index is 5.48. The molecule has 0 radical (unpaired) electrons. The molecule has 0 fully saturated rings. The predicted octanol–water partition coefficient (Wildman–Crippen LogP) is 2.22. The van der Waals surface area contributed by atoms with Crippen LogP contribution in [-0.2, 0) is 11.3 Å². The summed E-state index contributed by atoms with van der Waals surface area (Å²) >= 11 is 0. The molecule has 1 aromatic rings. The van der Waals surface area contributed by atoms with E-state index in [1.54, 1.807) is 7.11 Å². The van der Waals surface area contributed by atoms with E-state index in [4.69, 9.17) is 9.57 Å². The molecule has 1 N–H and O–H groups in total. The summed E-state index contributed by atoms with van der Waals surface area (Å²) in [5.74, 6) is 1.03. The van der Waals surface area contributed by atoms with Gasteiger partial charge >= 0.3 is 0 Å². The van der Waals surface area contributed by atoms with Crippen LogP contribution in [-0.4, -0.2) is 13.7 Å². The zero-order valence-electron chi connectivity index (χ0n) is 9.25. The van der Waals surface area contributed by atoms with E-state index in [9.17, 15) is 0 Å². The zero-order valence-corrected chi connectivity index (χ0v) is 9.25. The van der Waals surface area contributed by atoms with E-state index in [0.29, 0.717) is 0 Å². The summed E-state index contributed by atoms with van der Waals surface area (Å²) in [6.45, 7) is 2.95. The molecule has 3 nitrogen and oxygen atoms in total. The van der Waals surface area contributed by atoms with Crippen LogP contribution in [0.25, 0.3) is 0 Å². The Kier molecular flexibility index (Phi) is 3.23. The Morgan fingerprint density at radius 2 is 2.40 bits per heavy atom. The van der Waals surface area contributed by atoms with Crippen LogP contribution >= 0.6 is 0 Å². The van der Waals surface area contributed by atoms with Gasteiger partial charge < -0.3 is 9.57 Å². The first-order valence-corrected chi connectivity index (χ1v) is 5.39. The van der Waals surface area contributed by atoms with Crippen molar-refractivity contribution in [1.29, 1.82) is 0 Å². The fraction of sp³-hybridized carbons (Fsp3) is 0.500. The van der Waals surface area contributed by atoms with Gasteiger partial charge in [0.1, 0.15) is 5.75 Å². The molecule has 1 aliphatic heterocycles. The molecule has 0 aromatic heterocycles. The van der Waals surface area contributed by atoms with Gasteiger partial charge in [-0.1, -0.05) is 19.1 Å². The van der Waals surface area contributed by atoms with Crippen molar-refractivity contribution in [2.75, 3.05) is 13.7 Å². The van der Waals surface area contributed by atoms with Crippen molar-refractivity contribution < 1.29 is 9.57 Å². The third kappa shape index (κ3) is 2.13. The van der Waals surface area contributed by atoms with Crippen molar-refractivity contribution in [3.63, 3.8) is 0 Å². The van der Waals surface area contributed by atoms with Crippen molar-refractivity contribution in [1.82, 2.24) is 5.48 Å². The molecule has 0 spiro atoms. The minimum atomic E-state index is 0.265. The second-order valence-electron chi connectivity index (χ2n) is 3.75. The summed E-state index contributed by atoms with van der Waals surface area (Å²) in [6.07, 6.45) is 2.03. The van der Waals surface area contributed by atoms with Crippen LogP contribution in [0.4, 0.5) is 0 Å². The standard InChI is InChI=1S/C12H17NO2/c1-3-11(13-14-2)9-4-5-12-10(8-9)6-7-15-12/h4-5,8,11,13H,3,6-7H2,1-2H3. The van der Waals surface area contributed by atoms with Gasteiger partial charge in [0.05, 0.1) is 19.8 Å². The average Bonchev–Trinajstić information content (AvgIpc) is 2.72. The molecule has 82 valence electrons. The van der Waals surface area contributed by atoms with Gasteiger partial charge in [-0.3, -0.25) is 0 Å². The monoisotopic (exact) mass is 207 g/mol. The summed E-state index contributed by atoms with van der Waals surface area (Å²) in [5, 5.41) is 0. The number of hydrogen-bond acceptors (Lipinski definition) is 3. The molecule has 2 rings (SSSR count). The normalized spacial score (nSPS) is 15.9. The topological polar surface area (TPSA) is 30.5 Å². The van der Waals surface area contributed by atoms with Gasteiger partial charge in [0.15, 0.2) is 0 Å². The fourth-order valence-corrected chi connectivity index (χ4v) is 1.95. The van der Waals surface area contributed by atoms with Gasteiger partial charge in [0, 0.05) is 6.42 Å². The van der Waals surface area contributed by atoms with Crippen molar-refractivity contribution in [3.05, 3.63) is 29.3 Å². The van der Waals surface area contributed by atoms with E-state index < -0.39 is 0 Å². The van der Waals surface area contributed by atoms with Crippen molar-refractivity contribution in [2.45, 2.75) is 25.8 Å². The van der Waals surface area contributed by atoms with Crippen LogP contribution in [0, 0.1) is 0 Å². The van der Waals surface area contributed by atoms with Crippen molar-refractivity contribution in [2.24, 2.45) is 0 Å². The predicted molar refractivity (Wildman–Crippen MR) is 58.8 cm³/mol. The van der Waals surface area contributed by atoms with Crippen molar-refractivity contribution in [3.8, 4) is 5.75 Å². The van der Waals surface area contributed by atoms with Crippen LogP contribution < -0.4 is 10.2 Å². The smallest absolute Gasteiger partial charge is 0.122 e. The maximum Gasteiger partial charge on any atom is 0.122 e. The van der Waals surface area contributed by atoms with Gasteiger partial charge in [0.25, 0.3) is 0 Å². The second-order valence-corrected chi connectivity index (χ2v) is 3.75. The van der Waals surface area contributed by atoms with E-state index >= 15 is 0 Å². The van der Waals surface area contributed by atoms with Crippen LogP contribution in [0.2, 0.25) is 0 Å². The summed E-state index contributed by atoms with van der Waals surface area (Å²) in [5.41, 5.74) is 5.58. The molecule has 1 aliphatic rings. The highest BCUT2D eigenvalue weighted by Crippen LogP contribution is 2.28. The van der Waals surface area contributed by atoms with Crippen molar-refractivity contribution >= 4 is 0 Å². The Bertz CT molecular complexity index is 338. The first-order valence-electron chi connectivity index (χ1n) is 5.39. The molecule has 1 atom stereocenters. The van der Waals surface area contributed by atoms with E-state index in [1.165, 1.54) is 11.1 Å². The minimum Gasteiger partial charge on any atom is -0.493 e. The summed E-state index contributed by atoms with van der Waals surface area (Å²) in [4.78, 5) is 4.99. The number of benzene rings is 1. The molecular weight excluding hydrogens is 190 g/mol. The van der Waals surface area contributed by atoms with Crippen LogP contribution in [0.1, 0.15) is 30.5 Å². The molecule has 15 heavy (non-hydrogen) atoms. The third-order valence-electron chi connectivity index (χ3n) is 2.78. The lowest BCUT2D eigenvalue weighted by atomic mass is 10.0. The Hall–Kier alpha value is -1.06. The quantitative estimate of drug-likeness (QED) is 0.768. The molecule has 1 unspecified atom stereocenters. The molecule has 3 heteroatoms. The van der Waals surface area contributed by atoms with Gasteiger partial charge in [-0.2, -0.15) is 5.48 Å². The molecule has 0 saturated heterocycles. The molecule has 0 amide bonds. The number of nitrogens with one attached hydrogen (secondary N) is 1. The molecule has 0 saturated carbocycles. The third-order valence-corrected chi connectivity index (χ3v) is 2.78. The molecular formula is C12H17NO2. The molecule has 1 aromatic carbocycles. The number of fused-ring (bicyclic) bond motifs is 1. The van der Waals surface area contributed by atoms with E-state index in [1.807, 2.05) is 0 Å². The SMILES string of the molecule is CCC(NOC)c1ccc2c(c1)CCO2. The Balaban J connectivity index is 2.20. The Morgan fingerprint density at radius 1 is 1.53 bits per heavy atom. The number of hydroxylamine groups is 1. The number of rotatable bonds is 4. The highest BCUT2D eigenvalue weighted by molar-refractivity contribution is 5.40. The lowest BCUT2D eigenvalue weighted by Crippen LogP contribution is -2.19. The number of ether oxygens (including phenoxy) is 1. The van der Waals surface area contributed by atoms with E-state index in [-0.39, 0.29) is 6.04 Å². The minimum absolute atomic E-state index is 0.265. The largest absolute Gasteiger partial charge is 0.493 e. The van der Waals surface area contributed by atoms with Crippen LogP contribution in [0.15, 0.2) is 18.2 Å².